The number of rotatable bonds is 5. The zero-order valence-electron chi connectivity index (χ0n) is 15.4. The molecule has 134 valence electrons. The topological polar surface area (TPSA) is 36.1 Å². The summed E-state index contributed by atoms with van der Waals surface area (Å²) >= 11 is 0. The summed E-state index contributed by atoms with van der Waals surface area (Å²) in [6.07, 6.45) is 3.51. The van der Waals surface area contributed by atoms with Gasteiger partial charge in [0.05, 0.1) is 6.54 Å². The Morgan fingerprint density at radius 1 is 1.04 bits per heavy atom. The monoisotopic (exact) mass is 346 g/mol. The molecule has 4 rings (SSSR count). The number of ketones is 1. The van der Waals surface area contributed by atoms with Crippen LogP contribution in [0.1, 0.15) is 34.5 Å². The molecule has 2 heterocycles. The van der Waals surface area contributed by atoms with Crippen LogP contribution in [0.25, 0.3) is 10.9 Å². The molecule has 3 heteroatoms. The Labute approximate surface area is 155 Å². The standard InChI is InChI=1S/C23H26N2O/c1-17-23(20-9-5-6-10-21(20)24-17)22(26)16-25-13-11-19(12-14-25)15-18-7-3-2-4-8-18/h2-10,19,24H,11-16H2,1H3. The van der Waals surface area contributed by atoms with Crippen molar-refractivity contribution in [1.82, 2.24) is 9.88 Å². The van der Waals surface area contributed by atoms with Gasteiger partial charge in [-0.2, -0.15) is 0 Å². The molecule has 0 radical (unpaired) electrons. The van der Waals surface area contributed by atoms with Crippen LogP contribution in [0.4, 0.5) is 0 Å². The van der Waals surface area contributed by atoms with Crippen LogP contribution < -0.4 is 0 Å². The van der Waals surface area contributed by atoms with E-state index in [4.69, 9.17) is 0 Å². The molecule has 1 aromatic heterocycles. The van der Waals surface area contributed by atoms with Crippen molar-refractivity contribution in [2.45, 2.75) is 26.2 Å². The summed E-state index contributed by atoms with van der Waals surface area (Å²) < 4.78 is 0. The molecule has 1 aliphatic heterocycles. The maximum atomic E-state index is 12.9. The Morgan fingerprint density at radius 3 is 2.50 bits per heavy atom. The van der Waals surface area contributed by atoms with Gasteiger partial charge in [-0.15, -0.1) is 0 Å². The van der Waals surface area contributed by atoms with Crippen LogP contribution in [-0.2, 0) is 6.42 Å². The summed E-state index contributed by atoms with van der Waals surface area (Å²) in [5.41, 5.74) is 4.33. The second-order valence-electron chi connectivity index (χ2n) is 7.50. The van der Waals surface area contributed by atoms with Gasteiger partial charge in [0.15, 0.2) is 5.78 Å². The predicted octanol–water partition coefficient (Wildman–Crippen LogP) is 4.61. The van der Waals surface area contributed by atoms with Gasteiger partial charge in [0, 0.05) is 22.2 Å². The molecule has 0 spiro atoms. The molecule has 0 bridgehead atoms. The smallest absolute Gasteiger partial charge is 0.179 e. The number of hydrogen-bond donors (Lipinski definition) is 1. The summed E-state index contributed by atoms with van der Waals surface area (Å²) in [5, 5.41) is 1.05. The maximum Gasteiger partial charge on any atom is 0.179 e. The second-order valence-corrected chi connectivity index (χ2v) is 7.50. The zero-order valence-corrected chi connectivity index (χ0v) is 15.4. The van der Waals surface area contributed by atoms with Gasteiger partial charge in [-0.05, 0) is 56.8 Å². The number of fused-ring (bicyclic) bond motifs is 1. The number of carbonyl (C=O) groups excluding carboxylic acids is 1. The number of hydrogen-bond acceptors (Lipinski definition) is 2. The number of aromatic nitrogens is 1. The number of piperidine rings is 1. The van der Waals surface area contributed by atoms with Gasteiger partial charge in [0.25, 0.3) is 0 Å². The van der Waals surface area contributed by atoms with Crippen molar-refractivity contribution in [3.05, 3.63) is 71.4 Å². The number of H-pyrrole nitrogens is 1. The van der Waals surface area contributed by atoms with Gasteiger partial charge in [0.1, 0.15) is 0 Å². The van der Waals surface area contributed by atoms with Gasteiger partial charge >= 0.3 is 0 Å². The molecule has 0 atom stereocenters. The molecule has 1 N–H and O–H groups in total. The number of aryl methyl sites for hydroxylation is 1. The number of carbonyl (C=O) groups is 1. The molecule has 3 nitrogen and oxygen atoms in total. The third-order valence-electron chi connectivity index (χ3n) is 5.61. The number of nitrogens with one attached hydrogen (secondary N) is 1. The first-order chi connectivity index (χ1) is 12.7. The van der Waals surface area contributed by atoms with Gasteiger partial charge in [-0.25, -0.2) is 0 Å². The molecule has 3 aromatic rings. The van der Waals surface area contributed by atoms with E-state index in [1.165, 1.54) is 18.4 Å². The van der Waals surface area contributed by atoms with Crippen LogP contribution in [0.15, 0.2) is 54.6 Å². The maximum absolute atomic E-state index is 12.9. The fourth-order valence-electron chi connectivity index (χ4n) is 4.21. The first-order valence-electron chi connectivity index (χ1n) is 9.57. The van der Waals surface area contributed by atoms with E-state index in [9.17, 15) is 4.79 Å². The molecule has 0 saturated carbocycles. The molecular formula is C23H26N2O. The van der Waals surface area contributed by atoms with Gasteiger partial charge < -0.3 is 4.98 Å². The van der Waals surface area contributed by atoms with Crippen molar-refractivity contribution < 1.29 is 4.79 Å². The lowest BCUT2D eigenvalue weighted by molar-refractivity contribution is 0.0896. The van der Waals surface area contributed by atoms with Crippen LogP contribution in [-0.4, -0.2) is 35.3 Å². The van der Waals surface area contributed by atoms with E-state index in [2.05, 4.69) is 40.2 Å². The number of benzene rings is 2. The number of likely N-dealkylation sites (tertiary alicyclic amines) is 1. The largest absolute Gasteiger partial charge is 0.358 e. The minimum absolute atomic E-state index is 0.237. The molecule has 0 amide bonds. The summed E-state index contributed by atoms with van der Waals surface area (Å²) in [6.45, 7) is 4.56. The average molecular weight is 346 g/mol. The Balaban J connectivity index is 1.37. The summed E-state index contributed by atoms with van der Waals surface area (Å²) in [7, 11) is 0. The third-order valence-corrected chi connectivity index (χ3v) is 5.61. The van der Waals surface area contributed by atoms with Gasteiger partial charge in [-0.3, -0.25) is 9.69 Å². The predicted molar refractivity (Wildman–Crippen MR) is 107 cm³/mol. The number of nitrogens with zero attached hydrogens (tertiary/aromatic N) is 1. The van der Waals surface area contributed by atoms with Crippen molar-refractivity contribution >= 4 is 16.7 Å². The minimum Gasteiger partial charge on any atom is -0.358 e. The Kier molecular flexibility index (Phi) is 4.89. The Morgan fingerprint density at radius 2 is 1.73 bits per heavy atom. The minimum atomic E-state index is 0.237. The normalized spacial score (nSPS) is 16.2. The van der Waals surface area contributed by atoms with E-state index in [1.54, 1.807) is 0 Å². The molecule has 1 saturated heterocycles. The van der Waals surface area contributed by atoms with E-state index in [1.807, 2.05) is 31.2 Å². The number of para-hydroxylation sites is 1. The third kappa shape index (κ3) is 3.58. The van der Waals surface area contributed by atoms with Gasteiger partial charge in [-0.1, -0.05) is 48.5 Å². The molecule has 2 aromatic carbocycles. The first kappa shape index (κ1) is 17.0. The quantitative estimate of drug-likeness (QED) is 0.685. The van der Waals surface area contributed by atoms with E-state index in [0.29, 0.717) is 6.54 Å². The highest BCUT2D eigenvalue weighted by molar-refractivity contribution is 6.10. The van der Waals surface area contributed by atoms with Crippen molar-refractivity contribution in [3.8, 4) is 0 Å². The molecule has 1 fully saturated rings. The fourth-order valence-corrected chi connectivity index (χ4v) is 4.21. The average Bonchev–Trinajstić information content (AvgIpc) is 3.00. The van der Waals surface area contributed by atoms with Crippen LogP contribution in [0.2, 0.25) is 0 Å². The van der Waals surface area contributed by atoms with Crippen molar-refractivity contribution in [3.63, 3.8) is 0 Å². The molecular weight excluding hydrogens is 320 g/mol. The molecule has 26 heavy (non-hydrogen) atoms. The lowest BCUT2D eigenvalue weighted by atomic mass is 9.90. The lowest BCUT2D eigenvalue weighted by Gasteiger charge is -2.31. The van der Waals surface area contributed by atoms with Gasteiger partial charge in [0.2, 0.25) is 0 Å². The van der Waals surface area contributed by atoms with E-state index in [-0.39, 0.29) is 5.78 Å². The highest BCUT2D eigenvalue weighted by Crippen LogP contribution is 2.25. The Bertz CT molecular complexity index is 889. The lowest BCUT2D eigenvalue weighted by Crippen LogP contribution is -2.38. The van der Waals surface area contributed by atoms with E-state index < -0.39 is 0 Å². The van der Waals surface area contributed by atoms with Crippen molar-refractivity contribution in [1.29, 1.82) is 0 Å². The highest BCUT2D eigenvalue weighted by atomic mass is 16.1. The van der Waals surface area contributed by atoms with Crippen LogP contribution in [0.3, 0.4) is 0 Å². The highest BCUT2D eigenvalue weighted by Gasteiger charge is 2.23. The molecule has 1 aliphatic rings. The van der Waals surface area contributed by atoms with Crippen LogP contribution in [0.5, 0.6) is 0 Å². The summed E-state index contributed by atoms with van der Waals surface area (Å²) in [6, 6.07) is 18.8. The Hall–Kier alpha value is -2.39. The summed E-state index contributed by atoms with van der Waals surface area (Å²) in [4.78, 5) is 18.6. The van der Waals surface area contributed by atoms with E-state index >= 15 is 0 Å². The van der Waals surface area contributed by atoms with Crippen LogP contribution in [0, 0.1) is 12.8 Å². The number of Topliss-reactive ketones (excluding diaryl/α,β-unsaturated/α-hetero) is 1. The SMILES string of the molecule is Cc1[nH]c2ccccc2c1C(=O)CN1CCC(Cc2ccccc2)CC1. The van der Waals surface area contributed by atoms with E-state index in [0.717, 1.165) is 47.6 Å². The van der Waals surface area contributed by atoms with Crippen LogP contribution >= 0.6 is 0 Å². The molecule has 0 unspecified atom stereocenters. The first-order valence-corrected chi connectivity index (χ1v) is 9.57. The van der Waals surface area contributed by atoms with Crippen molar-refractivity contribution in [2.24, 2.45) is 5.92 Å². The molecule has 0 aliphatic carbocycles. The zero-order chi connectivity index (χ0) is 17.9. The fraction of sp³-hybridized carbons (Fsp3) is 0.348. The second kappa shape index (κ2) is 7.46. The number of aromatic amines is 1. The summed E-state index contributed by atoms with van der Waals surface area (Å²) in [5.74, 6) is 0.972. The van der Waals surface area contributed by atoms with Crippen molar-refractivity contribution in [2.75, 3.05) is 19.6 Å².